The van der Waals surface area contributed by atoms with Crippen LogP contribution in [-0.2, 0) is 17.5 Å². The first-order chi connectivity index (χ1) is 12.6. The maximum Gasteiger partial charge on any atom is 0.416 e. The van der Waals surface area contributed by atoms with Crippen LogP contribution in [0.2, 0.25) is 0 Å². The lowest BCUT2D eigenvalue weighted by Crippen LogP contribution is -2.40. The Labute approximate surface area is 164 Å². The van der Waals surface area contributed by atoms with E-state index < -0.39 is 42.6 Å². The summed E-state index contributed by atoms with van der Waals surface area (Å²) in [6.45, 7) is -0.383. The van der Waals surface area contributed by atoms with E-state index in [2.05, 4.69) is 10.6 Å². The molecular formula is C19H18ClF5N2O. The molecule has 1 atom stereocenters. The Bertz CT molecular complexity index is 824. The number of carbonyl (C=O) groups excluding carboxylic acids is 1. The summed E-state index contributed by atoms with van der Waals surface area (Å²) in [6.07, 6.45) is -4.93. The molecule has 1 saturated heterocycles. The highest BCUT2D eigenvalue weighted by molar-refractivity contribution is 5.85. The Kier molecular flexibility index (Phi) is 6.67. The summed E-state index contributed by atoms with van der Waals surface area (Å²) in [7, 11) is 0. The second-order valence-corrected chi connectivity index (χ2v) is 6.49. The van der Waals surface area contributed by atoms with Crippen LogP contribution in [0.1, 0.15) is 17.5 Å². The molecule has 9 heteroatoms. The van der Waals surface area contributed by atoms with Crippen molar-refractivity contribution in [2.24, 2.45) is 0 Å². The molecule has 28 heavy (non-hydrogen) atoms. The quantitative estimate of drug-likeness (QED) is 0.719. The van der Waals surface area contributed by atoms with Gasteiger partial charge in [0.15, 0.2) is 0 Å². The number of carbonyl (C=O) groups is 1. The third-order valence-corrected chi connectivity index (χ3v) is 4.37. The lowest BCUT2D eigenvalue weighted by atomic mass is 10.0. The largest absolute Gasteiger partial charge is 0.416 e. The first kappa shape index (κ1) is 22.1. The van der Waals surface area contributed by atoms with Crippen LogP contribution >= 0.6 is 12.4 Å². The highest BCUT2D eigenvalue weighted by Gasteiger charge is 2.42. The smallest absolute Gasteiger partial charge is 0.351 e. The molecule has 3 nitrogen and oxygen atoms in total. The van der Waals surface area contributed by atoms with Gasteiger partial charge in [0.25, 0.3) is 5.92 Å². The van der Waals surface area contributed by atoms with Gasteiger partial charge in [0.05, 0.1) is 18.2 Å². The standard InChI is InChI=1S/C19H17F5N2O.ClH/c20-18(21)9-16(26-11-18)17(27)25-10-12-2-1-3-14(8-12)13-4-6-15(7-5-13)19(22,23)24;/h1-8,16,26H,9-11H2,(H,25,27);1H/t16-;/m0./s1. The van der Waals surface area contributed by atoms with Gasteiger partial charge in [-0.3, -0.25) is 10.1 Å². The van der Waals surface area contributed by atoms with Gasteiger partial charge in [-0.2, -0.15) is 13.2 Å². The molecule has 0 aliphatic carbocycles. The summed E-state index contributed by atoms with van der Waals surface area (Å²) in [6, 6.07) is 10.8. The number of rotatable bonds is 4. The van der Waals surface area contributed by atoms with Crippen LogP contribution in [-0.4, -0.2) is 24.4 Å². The molecule has 2 aromatic rings. The fourth-order valence-corrected chi connectivity index (χ4v) is 2.93. The van der Waals surface area contributed by atoms with Crippen molar-refractivity contribution in [1.29, 1.82) is 0 Å². The first-order valence-electron chi connectivity index (χ1n) is 8.30. The second-order valence-electron chi connectivity index (χ2n) is 6.49. The minimum Gasteiger partial charge on any atom is -0.351 e. The van der Waals surface area contributed by atoms with E-state index in [-0.39, 0.29) is 19.0 Å². The van der Waals surface area contributed by atoms with E-state index in [0.717, 1.165) is 12.1 Å². The molecule has 0 saturated carbocycles. The molecule has 152 valence electrons. The number of nitrogens with one attached hydrogen (secondary N) is 2. The number of amides is 1. The van der Waals surface area contributed by atoms with Crippen LogP contribution in [0.15, 0.2) is 48.5 Å². The fourth-order valence-electron chi connectivity index (χ4n) is 2.93. The molecule has 0 radical (unpaired) electrons. The van der Waals surface area contributed by atoms with Gasteiger partial charge in [-0.25, -0.2) is 8.78 Å². The molecule has 1 heterocycles. The Morgan fingerprint density at radius 2 is 1.79 bits per heavy atom. The van der Waals surface area contributed by atoms with Gasteiger partial charge >= 0.3 is 6.18 Å². The number of alkyl halides is 5. The summed E-state index contributed by atoms with van der Waals surface area (Å²) in [4.78, 5) is 12.0. The minimum absolute atomic E-state index is 0. The first-order valence-corrected chi connectivity index (χ1v) is 8.30. The number of hydrogen-bond donors (Lipinski definition) is 2. The van der Waals surface area contributed by atoms with Crippen molar-refractivity contribution in [3.63, 3.8) is 0 Å². The maximum absolute atomic E-state index is 13.1. The molecule has 2 aromatic carbocycles. The summed E-state index contributed by atoms with van der Waals surface area (Å²) in [5.74, 6) is -3.39. The predicted molar refractivity (Wildman–Crippen MR) is 97.3 cm³/mol. The molecule has 0 spiro atoms. The predicted octanol–water partition coefficient (Wildman–Crippen LogP) is 4.41. The molecule has 1 amide bonds. The molecule has 0 bridgehead atoms. The minimum atomic E-state index is -4.39. The summed E-state index contributed by atoms with van der Waals surface area (Å²) in [5.41, 5.74) is 1.29. The van der Waals surface area contributed by atoms with E-state index in [0.29, 0.717) is 16.7 Å². The monoisotopic (exact) mass is 420 g/mol. The second kappa shape index (κ2) is 8.45. The van der Waals surface area contributed by atoms with E-state index in [1.165, 1.54) is 12.1 Å². The average Bonchev–Trinajstić information content (AvgIpc) is 2.99. The number of halogens is 6. The Hall–Kier alpha value is -2.19. The molecule has 2 N–H and O–H groups in total. The lowest BCUT2D eigenvalue weighted by molar-refractivity contribution is -0.137. The van der Waals surface area contributed by atoms with Crippen LogP contribution in [0.25, 0.3) is 11.1 Å². The van der Waals surface area contributed by atoms with Crippen molar-refractivity contribution < 1.29 is 26.7 Å². The Balaban J connectivity index is 0.00000280. The topological polar surface area (TPSA) is 41.1 Å². The molecule has 3 rings (SSSR count). The number of benzene rings is 2. The van der Waals surface area contributed by atoms with Crippen molar-refractivity contribution in [3.05, 3.63) is 59.7 Å². The highest BCUT2D eigenvalue weighted by Crippen LogP contribution is 2.31. The number of hydrogen-bond acceptors (Lipinski definition) is 2. The SMILES string of the molecule is Cl.O=C(NCc1cccc(-c2ccc(C(F)(F)F)cc2)c1)[C@@H]1CC(F)(F)CN1. The normalized spacial score (nSPS) is 18.4. The molecule has 1 fully saturated rings. The van der Waals surface area contributed by atoms with Crippen LogP contribution in [0.5, 0.6) is 0 Å². The van der Waals surface area contributed by atoms with Gasteiger partial charge in [-0.15, -0.1) is 12.4 Å². The van der Waals surface area contributed by atoms with Crippen LogP contribution in [0.4, 0.5) is 22.0 Å². The zero-order valence-corrected chi connectivity index (χ0v) is 15.3. The average molecular weight is 421 g/mol. The van der Waals surface area contributed by atoms with E-state index in [4.69, 9.17) is 0 Å². The van der Waals surface area contributed by atoms with Crippen LogP contribution in [0, 0.1) is 0 Å². The highest BCUT2D eigenvalue weighted by atomic mass is 35.5. The Morgan fingerprint density at radius 1 is 1.11 bits per heavy atom. The lowest BCUT2D eigenvalue weighted by Gasteiger charge is -2.12. The van der Waals surface area contributed by atoms with Crippen LogP contribution < -0.4 is 10.6 Å². The third kappa shape index (κ3) is 5.42. The van der Waals surface area contributed by atoms with Gasteiger partial charge < -0.3 is 5.32 Å². The summed E-state index contributed by atoms with van der Waals surface area (Å²) >= 11 is 0. The van der Waals surface area contributed by atoms with Gasteiger partial charge in [0.2, 0.25) is 5.91 Å². The zero-order chi connectivity index (χ0) is 19.7. The fraction of sp³-hybridized carbons (Fsp3) is 0.316. The van der Waals surface area contributed by atoms with Crippen molar-refractivity contribution in [2.45, 2.75) is 31.1 Å². The van der Waals surface area contributed by atoms with E-state index in [9.17, 15) is 26.7 Å². The zero-order valence-electron chi connectivity index (χ0n) is 14.5. The summed E-state index contributed by atoms with van der Waals surface area (Å²) < 4.78 is 64.2. The molecule has 1 aliphatic rings. The molecule has 0 unspecified atom stereocenters. The molecule has 1 aliphatic heterocycles. The van der Waals surface area contributed by atoms with Gasteiger partial charge in [-0.05, 0) is 34.9 Å². The van der Waals surface area contributed by atoms with Crippen molar-refractivity contribution in [3.8, 4) is 11.1 Å². The molecular weight excluding hydrogens is 403 g/mol. The molecule has 0 aromatic heterocycles. The van der Waals surface area contributed by atoms with Gasteiger partial charge in [-0.1, -0.05) is 30.3 Å². The van der Waals surface area contributed by atoms with Gasteiger partial charge in [0.1, 0.15) is 0 Å². The van der Waals surface area contributed by atoms with E-state index in [1.54, 1.807) is 24.3 Å². The van der Waals surface area contributed by atoms with Gasteiger partial charge in [0, 0.05) is 13.0 Å². The van der Waals surface area contributed by atoms with Crippen molar-refractivity contribution >= 4 is 18.3 Å². The summed E-state index contributed by atoms with van der Waals surface area (Å²) in [5, 5.41) is 5.09. The Morgan fingerprint density at radius 3 is 2.36 bits per heavy atom. The van der Waals surface area contributed by atoms with E-state index >= 15 is 0 Å². The maximum atomic E-state index is 13.1. The van der Waals surface area contributed by atoms with Crippen molar-refractivity contribution in [2.75, 3.05) is 6.54 Å². The van der Waals surface area contributed by atoms with Crippen LogP contribution in [0.3, 0.4) is 0 Å². The van der Waals surface area contributed by atoms with E-state index in [1.807, 2.05) is 0 Å². The van der Waals surface area contributed by atoms with Crippen molar-refractivity contribution in [1.82, 2.24) is 10.6 Å². The third-order valence-electron chi connectivity index (χ3n) is 4.37.